The predicted molar refractivity (Wildman–Crippen MR) is 126 cm³/mol. The van der Waals surface area contributed by atoms with Gasteiger partial charge in [0.15, 0.2) is 5.96 Å². The van der Waals surface area contributed by atoms with Crippen molar-refractivity contribution in [3.8, 4) is 5.75 Å². The smallest absolute Gasteiger partial charge is 0.248 e. The number of morpholine rings is 1. The molecule has 1 unspecified atom stereocenters. The topological polar surface area (TPSA) is 101 Å². The molecule has 2 aromatic carbocycles. The van der Waals surface area contributed by atoms with Crippen molar-refractivity contribution in [3.63, 3.8) is 0 Å². The fraction of sp³-hybridized carbons (Fsp3) is 0.417. The summed E-state index contributed by atoms with van der Waals surface area (Å²) in [4.78, 5) is 18.6. The van der Waals surface area contributed by atoms with Crippen molar-refractivity contribution in [2.45, 2.75) is 19.5 Å². The molecule has 0 spiro atoms. The molecule has 1 atom stereocenters. The molecule has 4 N–H and O–H groups in total. The molecule has 172 valence electrons. The Morgan fingerprint density at radius 1 is 1.19 bits per heavy atom. The van der Waals surface area contributed by atoms with Gasteiger partial charge >= 0.3 is 0 Å². The van der Waals surface area contributed by atoms with E-state index in [2.05, 4.69) is 27.7 Å². The van der Waals surface area contributed by atoms with Crippen molar-refractivity contribution in [1.82, 2.24) is 15.5 Å². The number of hydrogen-bond acceptors (Lipinski definition) is 5. The SMILES string of the molecule is CCNC(=NCc1cccc(C(N)=O)c1)NCC(c1ccc(OC)cc1)N1CCOCC1. The molecule has 8 heteroatoms. The quantitative estimate of drug-likeness (QED) is 0.408. The highest BCUT2D eigenvalue weighted by Gasteiger charge is 2.23. The molecule has 1 saturated heterocycles. The maximum absolute atomic E-state index is 11.4. The second-order valence-electron chi connectivity index (χ2n) is 7.58. The minimum atomic E-state index is -0.436. The first-order valence-corrected chi connectivity index (χ1v) is 11.0. The number of methoxy groups -OCH3 is 1. The van der Waals surface area contributed by atoms with Crippen molar-refractivity contribution >= 4 is 11.9 Å². The van der Waals surface area contributed by atoms with Gasteiger partial charge in [-0.15, -0.1) is 0 Å². The van der Waals surface area contributed by atoms with E-state index >= 15 is 0 Å². The lowest BCUT2D eigenvalue weighted by Gasteiger charge is -2.35. The van der Waals surface area contributed by atoms with Gasteiger partial charge in [-0.3, -0.25) is 9.69 Å². The van der Waals surface area contributed by atoms with E-state index in [1.807, 2.05) is 31.2 Å². The number of amides is 1. The highest BCUT2D eigenvalue weighted by atomic mass is 16.5. The molecule has 0 saturated carbocycles. The predicted octanol–water partition coefficient (Wildman–Crippen LogP) is 1.92. The van der Waals surface area contributed by atoms with Crippen LogP contribution >= 0.6 is 0 Å². The van der Waals surface area contributed by atoms with E-state index < -0.39 is 5.91 Å². The summed E-state index contributed by atoms with van der Waals surface area (Å²) in [5.41, 5.74) is 8.02. The molecular weight excluding hydrogens is 406 g/mol. The number of hydrogen-bond donors (Lipinski definition) is 3. The first-order valence-electron chi connectivity index (χ1n) is 11.0. The van der Waals surface area contributed by atoms with Gasteiger partial charge in [0.1, 0.15) is 5.75 Å². The third-order valence-corrected chi connectivity index (χ3v) is 5.43. The van der Waals surface area contributed by atoms with Crippen molar-refractivity contribution in [2.75, 3.05) is 46.5 Å². The summed E-state index contributed by atoms with van der Waals surface area (Å²) >= 11 is 0. The lowest BCUT2D eigenvalue weighted by molar-refractivity contribution is 0.0170. The van der Waals surface area contributed by atoms with E-state index in [9.17, 15) is 4.79 Å². The van der Waals surface area contributed by atoms with E-state index in [1.54, 1.807) is 19.2 Å². The second kappa shape index (κ2) is 12.1. The Bertz CT molecular complexity index is 895. The van der Waals surface area contributed by atoms with Crippen LogP contribution in [-0.2, 0) is 11.3 Å². The Kier molecular flexibility index (Phi) is 8.89. The molecule has 1 aliphatic rings. The van der Waals surface area contributed by atoms with Gasteiger partial charge in [0.05, 0.1) is 32.9 Å². The number of benzene rings is 2. The zero-order chi connectivity index (χ0) is 22.8. The molecule has 32 heavy (non-hydrogen) atoms. The van der Waals surface area contributed by atoms with E-state index in [0.29, 0.717) is 18.7 Å². The molecule has 0 radical (unpaired) electrons. The summed E-state index contributed by atoms with van der Waals surface area (Å²) in [6.45, 7) is 7.15. The molecule has 1 amide bonds. The number of guanidine groups is 1. The molecule has 3 rings (SSSR count). The monoisotopic (exact) mass is 439 g/mol. The number of ether oxygens (including phenoxy) is 2. The maximum atomic E-state index is 11.4. The first kappa shape index (κ1) is 23.6. The molecule has 8 nitrogen and oxygen atoms in total. The highest BCUT2D eigenvalue weighted by molar-refractivity contribution is 5.92. The Morgan fingerprint density at radius 2 is 1.94 bits per heavy atom. The van der Waals surface area contributed by atoms with Crippen LogP contribution in [0, 0.1) is 0 Å². The van der Waals surface area contributed by atoms with E-state index in [-0.39, 0.29) is 6.04 Å². The summed E-state index contributed by atoms with van der Waals surface area (Å²) in [5.74, 6) is 1.13. The zero-order valence-corrected chi connectivity index (χ0v) is 18.8. The van der Waals surface area contributed by atoms with Crippen LogP contribution in [0.4, 0.5) is 0 Å². The number of primary amides is 1. The first-order chi connectivity index (χ1) is 15.6. The minimum Gasteiger partial charge on any atom is -0.497 e. The van der Waals surface area contributed by atoms with Crippen LogP contribution in [0.15, 0.2) is 53.5 Å². The highest BCUT2D eigenvalue weighted by Crippen LogP contribution is 2.23. The maximum Gasteiger partial charge on any atom is 0.248 e. The second-order valence-corrected chi connectivity index (χ2v) is 7.58. The molecule has 0 bridgehead atoms. The van der Waals surface area contributed by atoms with Crippen LogP contribution in [-0.4, -0.2) is 63.3 Å². The van der Waals surface area contributed by atoms with E-state index in [4.69, 9.17) is 20.2 Å². The average molecular weight is 440 g/mol. The van der Waals surface area contributed by atoms with Crippen molar-refractivity contribution in [2.24, 2.45) is 10.7 Å². The summed E-state index contributed by atoms with van der Waals surface area (Å²) in [5, 5.41) is 6.79. The summed E-state index contributed by atoms with van der Waals surface area (Å²) in [6.07, 6.45) is 0. The van der Waals surface area contributed by atoms with Crippen LogP contribution in [0.2, 0.25) is 0 Å². The number of nitrogens with zero attached hydrogens (tertiary/aromatic N) is 2. The Morgan fingerprint density at radius 3 is 2.59 bits per heavy atom. The van der Waals surface area contributed by atoms with Crippen LogP contribution < -0.4 is 21.1 Å². The number of carbonyl (C=O) groups excluding carboxylic acids is 1. The zero-order valence-electron chi connectivity index (χ0n) is 18.8. The lowest BCUT2D eigenvalue weighted by atomic mass is 10.0. The molecule has 1 fully saturated rings. The van der Waals surface area contributed by atoms with Crippen molar-refractivity contribution in [1.29, 1.82) is 0 Å². The molecule has 1 heterocycles. The summed E-state index contributed by atoms with van der Waals surface area (Å²) in [7, 11) is 1.67. The Balaban J connectivity index is 1.72. The van der Waals surface area contributed by atoms with Crippen molar-refractivity contribution in [3.05, 3.63) is 65.2 Å². The lowest BCUT2D eigenvalue weighted by Crippen LogP contribution is -2.46. The van der Waals surface area contributed by atoms with Gasteiger partial charge in [-0.25, -0.2) is 4.99 Å². The molecule has 1 aliphatic heterocycles. The number of nitrogens with one attached hydrogen (secondary N) is 2. The van der Waals surface area contributed by atoms with Crippen LogP contribution in [0.25, 0.3) is 0 Å². The minimum absolute atomic E-state index is 0.173. The van der Waals surface area contributed by atoms with Crippen LogP contribution in [0.5, 0.6) is 5.75 Å². The third-order valence-electron chi connectivity index (χ3n) is 5.43. The van der Waals surface area contributed by atoms with Gasteiger partial charge in [-0.2, -0.15) is 0 Å². The van der Waals surface area contributed by atoms with Gasteiger partial charge in [0, 0.05) is 31.7 Å². The number of rotatable bonds is 9. The van der Waals surface area contributed by atoms with Crippen LogP contribution in [0.3, 0.4) is 0 Å². The van der Waals surface area contributed by atoms with Gasteiger partial charge in [0.25, 0.3) is 0 Å². The Labute approximate surface area is 189 Å². The molecular formula is C24H33N5O3. The van der Waals surface area contributed by atoms with Gasteiger partial charge in [-0.05, 0) is 42.3 Å². The molecule has 0 aliphatic carbocycles. The number of carbonyl (C=O) groups is 1. The summed E-state index contributed by atoms with van der Waals surface area (Å²) < 4.78 is 10.9. The summed E-state index contributed by atoms with van der Waals surface area (Å²) in [6, 6.07) is 15.6. The number of aliphatic imine (C=N–C) groups is 1. The van der Waals surface area contributed by atoms with Gasteiger partial charge in [0.2, 0.25) is 5.91 Å². The van der Waals surface area contributed by atoms with Gasteiger partial charge in [-0.1, -0.05) is 24.3 Å². The largest absolute Gasteiger partial charge is 0.497 e. The van der Waals surface area contributed by atoms with E-state index in [1.165, 1.54) is 5.56 Å². The molecule has 0 aromatic heterocycles. The number of nitrogens with two attached hydrogens (primary N) is 1. The average Bonchev–Trinajstić information content (AvgIpc) is 2.83. The Hall–Kier alpha value is -3.10. The fourth-order valence-electron chi connectivity index (χ4n) is 3.70. The standard InChI is InChI=1S/C24H33N5O3/c1-3-26-24(27-16-18-5-4-6-20(15-18)23(25)30)28-17-22(29-11-13-32-14-12-29)19-7-9-21(31-2)10-8-19/h4-10,15,22H,3,11-14,16-17H2,1-2H3,(H2,25,30)(H2,26,27,28). The van der Waals surface area contributed by atoms with Crippen LogP contribution in [0.1, 0.15) is 34.5 Å². The fourth-order valence-corrected chi connectivity index (χ4v) is 3.70. The van der Waals surface area contributed by atoms with E-state index in [0.717, 1.165) is 50.1 Å². The van der Waals surface area contributed by atoms with Gasteiger partial charge < -0.3 is 25.8 Å². The van der Waals surface area contributed by atoms with Crippen molar-refractivity contribution < 1.29 is 14.3 Å². The molecule has 2 aromatic rings. The normalized spacial score (nSPS) is 15.8. The third kappa shape index (κ3) is 6.70.